The zero-order valence-corrected chi connectivity index (χ0v) is 17.0. The van der Waals surface area contributed by atoms with Crippen molar-refractivity contribution >= 4 is 23.4 Å². The molecule has 0 bridgehead atoms. The second kappa shape index (κ2) is 9.09. The van der Waals surface area contributed by atoms with Gasteiger partial charge < -0.3 is 10.2 Å². The average molecular weight is 391 g/mol. The molecule has 1 saturated carbocycles. The van der Waals surface area contributed by atoms with Gasteiger partial charge in [-0.1, -0.05) is 43.7 Å². The van der Waals surface area contributed by atoms with E-state index in [0.717, 1.165) is 45.1 Å². The quantitative estimate of drug-likeness (QED) is 0.717. The molecule has 1 N–H and O–H groups in total. The van der Waals surface area contributed by atoms with Crippen LogP contribution >= 0.6 is 11.6 Å². The third kappa shape index (κ3) is 4.84. The van der Waals surface area contributed by atoms with Crippen molar-refractivity contribution in [3.63, 3.8) is 0 Å². The molecule has 0 aromatic heterocycles. The van der Waals surface area contributed by atoms with Gasteiger partial charge in [0.15, 0.2) is 0 Å². The molecule has 2 aliphatic rings. The van der Waals surface area contributed by atoms with Gasteiger partial charge in [-0.15, -0.1) is 11.6 Å². The first-order valence-electron chi connectivity index (χ1n) is 10.3. The zero-order valence-electron chi connectivity index (χ0n) is 16.3. The molecule has 3 rings (SSSR count). The van der Waals surface area contributed by atoms with Gasteiger partial charge in [0.2, 0.25) is 11.8 Å². The summed E-state index contributed by atoms with van der Waals surface area (Å²) >= 11 is 5.60. The molecule has 148 valence electrons. The Morgan fingerprint density at radius 3 is 2.67 bits per heavy atom. The van der Waals surface area contributed by atoms with E-state index in [1.807, 2.05) is 6.07 Å². The number of rotatable bonds is 7. The molecule has 4 nitrogen and oxygen atoms in total. The molecule has 0 radical (unpaired) electrons. The average Bonchev–Trinajstić information content (AvgIpc) is 2.67. The zero-order chi connectivity index (χ0) is 19.3. The number of likely N-dealkylation sites (tertiary alicyclic amines) is 1. The summed E-state index contributed by atoms with van der Waals surface area (Å²) < 4.78 is 0. The standard InChI is InChI=1S/C22H31ClN2O2/c1-2-17(12-18-8-4-3-5-9-18)13-21(27)25-11-7-6-10-22(25)14-19(15-22)24-20(26)16-23/h3-5,8-9,17,19H,2,6-7,10-16H2,1H3,(H,24,26). The second-order valence-electron chi connectivity index (χ2n) is 8.20. The molecule has 1 aliphatic heterocycles. The maximum absolute atomic E-state index is 13.2. The van der Waals surface area contributed by atoms with Crippen molar-refractivity contribution in [1.29, 1.82) is 0 Å². The molecule has 5 heteroatoms. The van der Waals surface area contributed by atoms with Crippen LogP contribution in [0.25, 0.3) is 0 Å². The fourth-order valence-electron chi connectivity index (χ4n) is 4.80. The second-order valence-corrected chi connectivity index (χ2v) is 8.47. The van der Waals surface area contributed by atoms with E-state index < -0.39 is 0 Å². The van der Waals surface area contributed by atoms with Gasteiger partial charge in [-0.05, 0) is 50.0 Å². The van der Waals surface area contributed by atoms with Gasteiger partial charge >= 0.3 is 0 Å². The lowest BCUT2D eigenvalue weighted by Gasteiger charge is -2.57. The number of piperidine rings is 1. The topological polar surface area (TPSA) is 49.4 Å². The van der Waals surface area contributed by atoms with Crippen molar-refractivity contribution in [3.05, 3.63) is 35.9 Å². The number of hydrogen-bond donors (Lipinski definition) is 1. The first-order valence-corrected chi connectivity index (χ1v) is 10.8. The van der Waals surface area contributed by atoms with Crippen molar-refractivity contribution in [1.82, 2.24) is 10.2 Å². The molecule has 2 fully saturated rings. The fraction of sp³-hybridized carbons (Fsp3) is 0.636. The lowest BCUT2D eigenvalue weighted by molar-refractivity contribution is -0.148. The van der Waals surface area contributed by atoms with Gasteiger partial charge in [0, 0.05) is 24.5 Å². The summed E-state index contributed by atoms with van der Waals surface area (Å²) in [5, 5.41) is 2.97. The van der Waals surface area contributed by atoms with Crippen molar-refractivity contribution in [3.8, 4) is 0 Å². The Kier molecular flexibility index (Phi) is 6.80. The minimum Gasteiger partial charge on any atom is -0.352 e. The van der Waals surface area contributed by atoms with Crippen LogP contribution in [-0.4, -0.2) is 40.7 Å². The summed E-state index contributed by atoms with van der Waals surface area (Å²) in [6.07, 6.45) is 7.64. The summed E-state index contributed by atoms with van der Waals surface area (Å²) in [5.74, 6) is 0.563. The Morgan fingerprint density at radius 2 is 2.00 bits per heavy atom. The Balaban J connectivity index is 1.59. The summed E-state index contributed by atoms with van der Waals surface area (Å²) in [6, 6.07) is 10.6. The van der Waals surface area contributed by atoms with Crippen LogP contribution in [0, 0.1) is 5.92 Å². The van der Waals surface area contributed by atoms with E-state index in [0.29, 0.717) is 18.2 Å². The highest BCUT2D eigenvalue weighted by Crippen LogP contribution is 2.45. The molecule has 2 amide bonds. The largest absolute Gasteiger partial charge is 0.352 e. The molecule has 1 atom stereocenters. The van der Waals surface area contributed by atoms with Crippen molar-refractivity contribution in [2.45, 2.75) is 69.9 Å². The number of benzene rings is 1. The molecule has 1 saturated heterocycles. The molecule has 1 spiro atoms. The predicted octanol–water partition coefficient (Wildman–Crippen LogP) is 3.91. The Labute approximate surface area is 167 Å². The lowest BCUT2D eigenvalue weighted by Crippen LogP contribution is -2.66. The normalized spacial score (nSPS) is 25.7. The van der Waals surface area contributed by atoms with Crippen LogP contribution in [0.2, 0.25) is 0 Å². The maximum atomic E-state index is 13.2. The summed E-state index contributed by atoms with van der Waals surface area (Å²) in [6.45, 7) is 3.03. The number of amides is 2. The molecule has 27 heavy (non-hydrogen) atoms. The molecule has 1 unspecified atom stereocenters. The number of carbonyl (C=O) groups is 2. The van der Waals surface area contributed by atoms with E-state index in [4.69, 9.17) is 11.6 Å². The van der Waals surface area contributed by atoms with Gasteiger partial charge in [-0.3, -0.25) is 9.59 Å². The van der Waals surface area contributed by atoms with Crippen LogP contribution in [0.3, 0.4) is 0 Å². The third-order valence-corrected chi connectivity index (χ3v) is 6.54. The SMILES string of the molecule is CCC(CC(=O)N1CCCCC12CC(NC(=O)CCl)C2)Cc1ccccc1. The Morgan fingerprint density at radius 1 is 1.26 bits per heavy atom. The van der Waals surface area contributed by atoms with E-state index in [1.54, 1.807) is 0 Å². The number of hydrogen-bond acceptors (Lipinski definition) is 2. The molecular formula is C22H31ClN2O2. The fourth-order valence-corrected chi connectivity index (χ4v) is 4.88. The number of nitrogens with one attached hydrogen (secondary N) is 1. The highest BCUT2D eigenvalue weighted by Gasteiger charge is 2.51. The van der Waals surface area contributed by atoms with Gasteiger partial charge in [-0.2, -0.15) is 0 Å². The summed E-state index contributed by atoms with van der Waals surface area (Å²) in [4.78, 5) is 26.9. The van der Waals surface area contributed by atoms with Crippen LogP contribution in [0.15, 0.2) is 30.3 Å². The first kappa shape index (κ1) is 20.2. The number of carbonyl (C=O) groups excluding carboxylic acids is 2. The number of alkyl halides is 1. The van der Waals surface area contributed by atoms with E-state index in [9.17, 15) is 9.59 Å². The van der Waals surface area contributed by atoms with Crippen LogP contribution in [0.4, 0.5) is 0 Å². The van der Waals surface area contributed by atoms with E-state index in [-0.39, 0.29) is 23.4 Å². The van der Waals surface area contributed by atoms with Crippen LogP contribution in [0.1, 0.15) is 57.4 Å². The van der Waals surface area contributed by atoms with Gasteiger partial charge in [0.25, 0.3) is 0 Å². The van der Waals surface area contributed by atoms with Crippen molar-refractivity contribution < 1.29 is 9.59 Å². The molecule has 1 aromatic carbocycles. The van der Waals surface area contributed by atoms with E-state index >= 15 is 0 Å². The molecular weight excluding hydrogens is 360 g/mol. The minimum atomic E-state index is -0.112. The third-order valence-electron chi connectivity index (χ3n) is 6.29. The van der Waals surface area contributed by atoms with E-state index in [1.165, 1.54) is 12.0 Å². The predicted molar refractivity (Wildman–Crippen MR) is 109 cm³/mol. The summed E-state index contributed by atoms with van der Waals surface area (Å²) in [7, 11) is 0. The monoisotopic (exact) mass is 390 g/mol. The maximum Gasteiger partial charge on any atom is 0.235 e. The lowest BCUT2D eigenvalue weighted by atomic mass is 9.66. The minimum absolute atomic E-state index is 0.00378. The number of nitrogens with zero attached hydrogens (tertiary/aromatic N) is 1. The molecule has 1 aliphatic carbocycles. The van der Waals surface area contributed by atoms with Gasteiger partial charge in [-0.25, -0.2) is 0 Å². The Hall–Kier alpha value is -1.55. The van der Waals surface area contributed by atoms with Crippen LogP contribution in [0.5, 0.6) is 0 Å². The summed E-state index contributed by atoms with van der Waals surface area (Å²) in [5.41, 5.74) is 1.27. The van der Waals surface area contributed by atoms with Crippen LogP contribution in [-0.2, 0) is 16.0 Å². The highest BCUT2D eigenvalue weighted by atomic mass is 35.5. The first-order chi connectivity index (χ1) is 13.1. The van der Waals surface area contributed by atoms with Crippen LogP contribution < -0.4 is 5.32 Å². The van der Waals surface area contributed by atoms with Gasteiger partial charge in [0.05, 0.1) is 0 Å². The van der Waals surface area contributed by atoms with Gasteiger partial charge in [0.1, 0.15) is 5.88 Å². The number of halogens is 1. The molecule has 1 aromatic rings. The highest BCUT2D eigenvalue weighted by molar-refractivity contribution is 6.27. The van der Waals surface area contributed by atoms with Crippen molar-refractivity contribution in [2.75, 3.05) is 12.4 Å². The molecule has 1 heterocycles. The smallest absolute Gasteiger partial charge is 0.235 e. The van der Waals surface area contributed by atoms with E-state index in [2.05, 4.69) is 41.4 Å². The Bertz CT molecular complexity index is 643. The van der Waals surface area contributed by atoms with Crippen molar-refractivity contribution in [2.24, 2.45) is 5.92 Å².